The van der Waals surface area contributed by atoms with Crippen LogP contribution in [0.3, 0.4) is 0 Å². The Bertz CT molecular complexity index is 332. The van der Waals surface area contributed by atoms with E-state index >= 15 is 0 Å². The van der Waals surface area contributed by atoms with E-state index in [1.807, 2.05) is 0 Å². The quantitative estimate of drug-likeness (QED) is 0.483. The van der Waals surface area contributed by atoms with E-state index in [1.165, 1.54) is 0 Å². The second-order valence-electron chi connectivity index (χ2n) is 2.07. The van der Waals surface area contributed by atoms with Gasteiger partial charge in [0.25, 0.3) is 0 Å². The van der Waals surface area contributed by atoms with Gasteiger partial charge in [-0.25, -0.2) is 0 Å². The Balaban J connectivity index is 0.00000169. The van der Waals surface area contributed by atoms with Gasteiger partial charge in [0, 0.05) is 0 Å². The van der Waals surface area contributed by atoms with Crippen LogP contribution in [0.25, 0.3) is 0 Å². The van der Waals surface area contributed by atoms with Crippen LogP contribution in [0.15, 0.2) is 12.7 Å². The van der Waals surface area contributed by atoms with Gasteiger partial charge in [0.2, 0.25) is 23.8 Å². The molecule has 0 fully saturated rings. The molecular weight excluding hydrogens is 188 g/mol. The molecule has 7 N–H and O–H groups in total. The minimum absolute atomic E-state index is 0. The molecule has 76 valence electrons. The lowest BCUT2D eigenvalue weighted by molar-refractivity contribution is -0.111. The summed E-state index contributed by atoms with van der Waals surface area (Å²) in [4.78, 5) is 21.6. The van der Waals surface area contributed by atoms with Crippen molar-refractivity contribution in [3.63, 3.8) is 0 Å². The van der Waals surface area contributed by atoms with Gasteiger partial charge in [0.15, 0.2) is 0 Å². The number of nitrogen functional groups attached to an aromatic ring is 2. The Kier molecular flexibility index (Phi) is 3.97. The van der Waals surface area contributed by atoms with E-state index in [0.29, 0.717) is 0 Å². The van der Waals surface area contributed by atoms with Crippen molar-refractivity contribution < 1.29 is 10.3 Å². The molecule has 0 atom stereocenters. The summed E-state index contributed by atoms with van der Waals surface area (Å²) in [5, 5.41) is 2.29. The van der Waals surface area contributed by atoms with Crippen LogP contribution in [0, 0.1) is 0 Å². The Hall–Kier alpha value is -2.22. The first-order valence-electron chi connectivity index (χ1n) is 3.32. The standard InChI is InChI=1S/C6H8N6O.H2O/c1-2-3(13)9-6-11-4(7)10-5(8)12-6;/h2H,1H2,(H5,7,8,9,10,11,12,13);1H2. The summed E-state index contributed by atoms with van der Waals surface area (Å²) in [6.45, 7) is 3.26. The molecule has 1 rings (SSSR count). The number of amides is 1. The minimum Gasteiger partial charge on any atom is -0.412 e. The molecule has 14 heavy (non-hydrogen) atoms. The van der Waals surface area contributed by atoms with E-state index in [9.17, 15) is 4.79 Å². The Morgan fingerprint density at radius 3 is 2.21 bits per heavy atom. The summed E-state index contributed by atoms with van der Waals surface area (Å²) < 4.78 is 0. The molecule has 0 aliphatic heterocycles. The summed E-state index contributed by atoms with van der Waals surface area (Å²) in [7, 11) is 0. The van der Waals surface area contributed by atoms with Crippen molar-refractivity contribution in [2.45, 2.75) is 0 Å². The van der Waals surface area contributed by atoms with Crippen LogP contribution < -0.4 is 16.8 Å². The van der Waals surface area contributed by atoms with Gasteiger partial charge in [-0.2, -0.15) is 15.0 Å². The molecular formula is C6H10N6O2. The molecule has 8 heteroatoms. The fourth-order valence-electron chi connectivity index (χ4n) is 0.626. The first-order chi connectivity index (χ1) is 6.11. The van der Waals surface area contributed by atoms with Crippen molar-refractivity contribution >= 4 is 23.8 Å². The number of nitrogens with two attached hydrogens (primary N) is 2. The van der Waals surface area contributed by atoms with Crippen LogP contribution >= 0.6 is 0 Å². The summed E-state index contributed by atoms with van der Waals surface area (Å²) in [6, 6.07) is 0. The summed E-state index contributed by atoms with van der Waals surface area (Å²) in [6.07, 6.45) is 1.08. The average Bonchev–Trinajstić information content (AvgIpc) is 2.02. The second kappa shape index (κ2) is 4.72. The number of hydrogen-bond acceptors (Lipinski definition) is 6. The van der Waals surface area contributed by atoms with Crippen LogP contribution in [0.1, 0.15) is 0 Å². The lowest BCUT2D eigenvalue weighted by Crippen LogP contribution is -2.13. The number of carbonyl (C=O) groups is 1. The highest BCUT2D eigenvalue weighted by molar-refractivity contribution is 5.97. The van der Waals surface area contributed by atoms with Gasteiger partial charge in [0.1, 0.15) is 0 Å². The monoisotopic (exact) mass is 198 g/mol. The van der Waals surface area contributed by atoms with Gasteiger partial charge in [0.05, 0.1) is 0 Å². The number of aromatic nitrogens is 3. The van der Waals surface area contributed by atoms with E-state index in [2.05, 4.69) is 26.8 Å². The summed E-state index contributed by atoms with van der Waals surface area (Å²) in [5.74, 6) is -0.529. The summed E-state index contributed by atoms with van der Waals surface area (Å²) >= 11 is 0. The van der Waals surface area contributed by atoms with E-state index < -0.39 is 5.91 Å². The van der Waals surface area contributed by atoms with Gasteiger partial charge >= 0.3 is 0 Å². The zero-order valence-electron chi connectivity index (χ0n) is 7.19. The highest BCUT2D eigenvalue weighted by Gasteiger charge is 2.02. The maximum Gasteiger partial charge on any atom is 0.250 e. The number of nitrogens with one attached hydrogen (secondary N) is 1. The van der Waals surface area contributed by atoms with E-state index in [0.717, 1.165) is 6.08 Å². The maximum absolute atomic E-state index is 10.8. The third-order valence-electron chi connectivity index (χ3n) is 1.09. The Morgan fingerprint density at radius 2 is 1.79 bits per heavy atom. The van der Waals surface area contributed by atoms with Crippen molar-refractivity contribution in [2.24, 2.45) is 0 Å². The van der Waals surface area contributed by atoms with E-state index in [4.69, 9.17) is 11.5 Å². The zero-order chi connectivity index (χ0) is 9.84. The van der Waals surface area contributed by atoms with Crippen LogP contribution in [0.2, 0.25) is 0 Å². The third kappa shape index (κ3) is 3.03. The highest BCUT2D eigenvalue weighted by Crippen LogP contribution is 2.02. The molecule has 0 aromatic carbocycles. The normalized spacial score (nSPS) is 8.57. The summed E-state index contributed by atoms with van der Waals surface area (Å²) in [5.41, 5.74) is 10.5. The second-order valence-corrected chi connectivity index (χ2v) is 2.07. The van der Waals surface area contributed by atoms with Gasteiger partial charge < -0.3 is 16.9 Å². The lowest BCUT2D eigenvalue weighted by Gasteiger charge is -2.00. The topological polar surface area (TPSA) is 151 Å². The molecule has 0 saturated carbocycles. The highest BCUT2D eigenvalue weighted by atomic mass is 16.1. The van der Waals surface area contributed by atoms with Crippen molar-refractivity contribution in [3.05, 3.63) is 12.7 Å². The third-order valence-corrected chi connectivity index (χ3v) is 1.09. The number of nitrogens with zero attached hydrogens (tertiary/aromatic N) is 3. The zero-order valence-corrected chi connectivity index (χ0v) is 7.19. The first kappa shape index (κ1) is 11.8. The molecule has 0 unspecified atom stereocenters. The van der Waals surface area contributed by atoms with Gasteiger partial charge in [-0.3, -0.25) is 10.1 Å². The maximum atomic E-state index is 10.8. The molecule has 0 aliphatic carbocycles. The van der Waals surface area contributed by atoms with Crippen LogP contribution in [-0.2, 0) is 4.79 Å². The van der Waals surface area contributed by atoms with Gasteiger partial charge in [-0.05, 0) is 6.08 Å². The predicted octanol–water partition coefficient (Wildman–Crippen LogP) is -1.66. The lowest BCUT2D eigenvalue weighted by atomic mass is 10.6. The number of anilines is 3. The van der Waals surface area contributed by atoms with Gasteiger partial charge in [-0.1, -0.05) is 6.58 Å². The Labute approximate surface area is 79.4 Å². The van der Waals surface area contributed by atoms with Crippen LogP contribution in [0.4, 0.5) is 17.8 Å². The predicted molar refractivity (Wildman–Crippen MR) is 51.1 cm³/mol. The molecule has 0 saturated heterocycles. The SMILES string of the molecule is C=CC(=O)Nc1nc(N)nc(N)n1.O. The molecule has 1 heterocycles. The molecule has 1 aromatic heterocycles. The molecule has 0 radical (unpaired) electrons. The van der Waals surface area contributed by atoms with Gasteiger partial charge in [-0.15, -0.1) is 0 Å². The smallest absolute Gasteiger partial charge is 0.250 e. The first-order valence-corrected chi connectivity index (χ1v) is 3.32. The molecule has 1 aromatic rings. The van der Waals surface area contributed by atoms with Crippen LogP contribution in [-0.4, -0.2) is 26.3 Å². The number of rotatable bonds is 2. The molecule has 0 bridgehead atoms. The van der Waals surface area contributed by atoms with Crippen molar-refractivity contribution in [1.82, 2.24) is 15.0 Å². The van der Waals surface area contributed by atoms with E-state index in [1.54, 1.807) is 0 Å². The van der Waals surface area contributed by atoms with E-state index in [-0.39, 0.29) is 23.3 Å². The largest absolute Gasteiger partial charge is 0.412 e. The fourth-order valence-corrected chi connectivity index (χ4v) is 0.626. The van der Waals surface area contributed by atoms with Crippen molar-refractivity contribution in [3.8, 4) is 0 Å². The minimum atomic E-state index is -0.440. The fraction of sp³-hybridized carbons (Fsp3) is 0. The van der Waals surface area contributed by atoms with Crippen molar-refractivity contribution in [1.29, 1.82) is 0 Å². The molecule has 8 nitrogen and oxygen atoms in total. The molecule has 0 spiro atoms. The van der Waals surface area contributed by atoms with Crippen LogP contribution in [0.5, 0.6) is 0 Å². The van der Waals surface area contributed by atoms with Crippen molar-refractivity contribution in [2.75, 3.05) is 16.8 Å². The average molecular weight is 198 g/mol. The molecule has 1 amide bonds. The number of hydrogen-bond donors (Lipinski definition) is 3. The Morgan fingerprint density at radius 1 is 1.29 bits per heavy atom. The molecule has 0 aliphatic rings. The number of carbonyl (C=O) groups excluding carboxylic acids is 1.